The lowest BCUT2D eigenvalue weighted by Gasteiger charge is -2.36. The third-order valence-electron chi connectivity index (χ3n) is 6.16. The topological polar surface area (TPSA) is 208 Å². The number of nitrogens with zero attached hydrogens (tertiary/aromatic N) is 1. The summed E-state index contributed by atoms with van der Waals surface area (Å²) in [7, 11) is -3.15. The molecule has 0 aromatic carbocycles. The highest BCUT2D eigenvalue weighted by Crippen LogP contribution is 2.41. The van der Waals surface area contributed by atoms with Crippen molar-refractivity contribution >= 4 is 19.6 Å². The molecule has 0 amide bonds. The zero-order chi connectivity index (χ0) is 34.3. The van der Waals surface area contributed by atoms with E-state index in [9.17, 15) is 34.0 Å². The molecule has 256 valence electrons. The van der Waals surface area contributed by atoms with E-state index in [1.54, 1.807) is 13.8 Å². The molecule has 0 radical (unpaired) electrons. The summed E-state index contributed by atoms with van der Waals surface area (Å²) in [6.07, 6.45) is -1.83. The highest BCUT2D eigenvalue weighted by molar-refractivity contribution is 7.54. The standard InChI is InChI=1S/C26H47N4O11P.C2H6/c1-9-39-23(33)18(13-16(3)4)28-42(37,29-19(14-17(5)6)24(34)40-10-2)41-15-20(38-8)22(32)26(7,36)30-12-11-21(31)27-25(30)35;1-2/h11-12,16-20,22,32,36H,9-10,13-15H2,1-8H3,(H,27,31,35)(H2,28,29,37);1-2H3/t18?,19?,20?,22?,26-,42?;/m0./s1. The van der Waals surface area contributed by atoms with Gasteiger partial charge in [-0.15, -0.1) is 0 Å². The molecule has 1 heterocycles. The van der Waals surface area contributed by atoms with Gasteiger partial charge in [0, 0.05) is 19.4 Å². The average Bonchev–Trinajstić information content (AvgIpc) is 2.93. The van der Waals surface area contributed by atoms with Crippen LogP contribution >= 0.6 is 7.67 Å². The van der Waals surface area contributed by atoms with Crippen LogP contribution in [0.15, 0.2) is 21.9 Å². The number of aromatic nitrogens is 2. The van der Waals surface area contributed by atoms with Gasteiger partial charge < -0.3 is 28.9 Å². The third-order valence-corrected chi connectivity index (χ3v) is 7.97. The lowest BCUT2D eigenvalue weighted by molar-refractivity contribution is -0.176. The van der Waals surface area contributed by atoms with Crippen molar-refractivity contribution in [2.45, 2.75) is 105 Å². The first kappa shape index (κ1) is 41.6. The van der Waals surface area contributed by atoms with Crippen molar-refractivity contribution in [2.24, 2.45) is 11.8 Å². The number of aliphatic hydroxyl groups excluding tert-OH is 1. The molecule has 16 heteroatoms. The molecular formula is C28H53N4O11P. The highest BCUT2D eigenvalue weighted by atomic mass is 31.2. The Morgan fingerprint density at radius 1 is 1.00 bits per heavy atom. The van der Waals surface area contributed by atoms with Gasteiger partial charge in [0.25, 0.3) is 5.56 Å². The fourth-order valence-electron chi connectivity index (χ4n) is 4.09. The number of aromatic amines is 1. The van der Waals surface area contributed by atoms with Crippen LogP contribution in [0, 0.1) is 11.8 Å². The van der Waals surface area contributed by atoms with Crippen LogP contribution in [0.1, 0.15) is 75.2 Å². The molecule has 1 aromatic rings. The Labute approximate surface area is 259 Å². The number of carbonyl (C=O) groups excluding carboxylic acids is 2. The van der Waals surface area contributed by atoms with Crippen LogP contribution in [0.3, 0.4) is 0 Å². The van der Waals surface area contributed by atoms with Crippen LogP contribution in [0.5, 0.6) is 0 Å². The molecule has 0 aliphatic carbocycles. The number of rotatable bonds is 19. The number of carbonyl (C=O) groups is 2. The number of hydrogen-bond acceptors (Lipinski definition) is 11. The van der Waals surface area contributed by atoms with Gasteiger partial charge in [-0.3, -0.25) is 28.5 Å². The van der Waals surface area contributed by atoms with Gasteiger partial charge in [-0.2, -0.15) is 0 Å². The first-order valence-corrected chi connectivity index (χ1v) is 16.5. The maximum atomic E-state index is 14.3. The predicted molar refractivity (Wildman–Crippen MR) is 165 cm³/mol. The van der Waals surface area contributed by atoms with E-state index in [1.165, 1.54) is 7.11 Å². The second kappa shape index (κ2) is 19.9. The number of H-pyrrole nitrogens is 1. The molecule has 0 bridgehead atoms. The minimum absolute atomic E-state index is 0.0314. The van der Waals surface area contributed by atoms with Crippen molar-refractivity contribution in [3.8, 4) is 0 Å². The van der Waals surface area contributed by atoms with Crippen LogP contribution < -0.4 is 21.4 Å². The quantitative estimate of drug-likeness (QED) is 0.107. The number of esters is 2. The largest absolute Gasteiger partial charge is 0.465 e. The van der Waals surface area contributed by atoms with Crippen molar-refractivity contribution in [1.29, 1.82) is 0 Å². The predicted octanol–water partition coefficient (Wildman–Crippen LogP) is 1.86. The molecule has 5 atom stereocenters. The minimum Gasteiger partial charge on any atom is -0.465 e. The molecule has 0 aliphatic heterocycles. The first-order chi connectivity index (χ1) is 20.5. The van der Waals surface area contributed by atoms with E-state index in [-0.39, 0.29) is 37.9 Å². The zero-order valence-corrected chi connectivity index (χ0v) is 28.5. The van der Waals surface area contributed by atoms with E-state index in [1.807, 2.05) is 46.5 Å². The SMILES string of the molecule is CC.CCOC(=O)C(CC(C)C)NP(=O)(NC(CC(C)C)C(=O)OCC)OCC(OC)C(O)[C@](C)(O)n1ccc(=O)[nH]c1=O. The molecule has 0 saturated heterocycles. The molecule has 1 rings (SSSR count). The van der Waals surface area contributed by atoms with Gasteiger partial charge >= 0.3 is 25.3 Å². The molecule has 1 aromatic heterocycles. The second-order valence-corrected chi connectivity index (χ2v) is 12.6. The van der Waals surface area contributed by atoms with Crippen LogP contribution in [0.4, 0.5) is 0 Å². The van der Waals surface area contributed by atoms with Gasteiger partial charge in [0.1, 0.15) is 24.3 Å². The summed E-state index contributed by atoms with van der Waals surface area (Å²) in [4.78, 5) is 51.3. The monoisotopic (exact) mass is 652 g/mol. The fourth-order valence-corrected chi connectivity index (χ4v) is 5.91. The van der Waals surface area contributed by atoms with Gasteiger partial charge in [-0.1, -0.05) is 41.5 Å². The normalized spacial score (nSPS) is 17.0. The Bertz CT molecular complexity index is 1130. The van der Waals surface area contributed by atoms with Crippen molar-refractivity contribution in [3.05, 3.63) is 33.1 Å². The van der Waals surface area contributed by atoms with Gasteiger partial charge in [-0.25, -0.2) is 15.0 Å². The Balaban J connectivity index is 0.00000904. The molecule has 5 N–H and O–H groups in total. The highest BCUT2D eigenvalue weighted by Gasteiger charge is 2.42. The minimum atomic E-state index is -4.34. The molecule has 4 unspecified atom stereocenters. The number of methoxy groups -OCH3 is 1. The molecular weight excluding hydrogens is 599 g/mol. The summed E-state index contributed by atoms with van der Waals surface area (Å²) in [5.74, 6) is -1.43. The lowest BCUT2D eigenvalue weighted by Crippen LogP contribution is -2.55. The number of aliphatic hydroxyl groups is 2. The summed E-state index contributed by atoms with van der Waals surface area (Å²) < 4.78 is 36.4. The number of nitrogens with one attached hydrogen (secondary N) is 3. The number of ether oxygens (including phenoxy) is 3. The molecule has 0 fully saturated rings. The molecule has 0 saturated carbocycles. The van der Waals surface area contributed by atoms with E-state index in [0.717, 1.165) is 19.2 Å². The van der Waals surface area contributed by atoms with Gasteiger partial charge in [0.15, 0.2) is 5.72 Å². The van der Waals surface area contributed by atoms with Crippen molar-refractivity contribution in [3.63, 3.8) is 0 Å². The summed E-state index contributed by atoms with van der Waals surface area (Å²) in [6, 6.07) is -1.21. The molecule has 0 spiro atoms. The maximum absolute atomic E-state index is 14.3. The van der Waals surface area contributed by atoms with Crippen molar-refractivity contribution < 1.29 is 43.1 Å². The zero-order valence-electron chi connectivity index (χ0n) is 27.6. The van der Waals surface area contributed by atoms with Crippen LogP contribution in [-0.2, 0) is 38.6 Å². The van der Waals surface area contributed by atoms with Gasteiger partial charge in [0.05, 0.1) is 19.8 Å². The van der Waals surface area contributed by atoms with Crippen LogP contribution in [0.25, 0.3) is 0 Å². The Morgan fingerprint density at radius 2 is 1.45 bits per heavy atom. The lowest BCUT2D eigenvalue weighted by atomic mass is 10.0. The maximum Gasteiger partial charge on any atom is 0.342 e. The molecule has 0 aliphatic rings. The van der Waals surface area contributed by atoms with E-state index in [4.69, 9.17) is 18.7 Å². The number of hydrogen-bond donors (Lipinski definition) is 5. The van der Waals surface area contributed by atoms with E-state index in [0.29, 0.717) is 4.57 Å². The fraction of sp³-hybridized carbons (Fsp3) is 0.786. The van der Waals surface area contributed by atoms with E-state index < -0.39 is 67.5 Å². The van der Waals surface area contributed by atoms with Crippen molar-refractivity contribution in [1.82, 2.24) is 19.7 Å². The van der Waals surface area contributed by atoms with E-state index >= 15 is 0 Å². The van der Waals surface area contributed by atoms with Gasteiger partial charge in [0.2, 0.25) is 0 Å². The first-order valence-electron chi connectivity index (χ1n) is 14.9. The van der Waals surface area contributed by atoms with E-state index in [2.05, 4.69) is 10.2 Å². The third kappa shape index (κ3) is 13.3. The second-order valence-electron chi connectivity index (χ2n) is 10.8. The smallest absolute Gasteiger partial charge is 0.342 e. The molecule has 15 nitrogen and oxygen atoms in total. The Morgan fingerprint density at radius 3 is 1.82 bits per heavy atom. The van der Waals surface area contributed by atoms with Gasteiger partial charge in [-0.05, 0) is 45.4 Å². The molecule has 44 heavy (non-hydrogen) atoms. The average molecular weight is 653 g/mol. The Hall–Kier alpha value is -2.39. The Kier molecular flexibility index (Phi) is 18.8. The summed E-state index contributed by atoms with van der Waals surface area (Å²) in [5, 5.41) is 27.4. The van der Waals surface area contributed by atoms with Crippen molar-refractivity contribution in [2.75, 3.05) is 26.9 Å². The van der Waals surface area contributed by atoms with Crippen LogP contribution in [0.2, 0.25) is 0 Å². The van der Waals surface area contributed by atoms with Crippen LogP contribution in [-0.4, -0.2) is 82.9 Å². The summed E-state index contributed by atoms with van der Waals surface area (Å²) in [6.45, 7) is 15.3. The summed E-state index contributed by atoms with van der Waals surface area (Å²) >= 11 is 0. The summed E-state index contributed by atoms with van der Waals surface area (Å²) in [5.41, 5.74) is -4.01.